The highest BCUT2D eigenvalue weighted by Gasteiger charge is 2.44. The third-order valence-corrected chi connectivity index (χ3v) is 4.24. The zero-order chi connectivity index (χ0) is 9.54. The Morgan fingerprint density at radius 3 is 3.00 bits per heavy atom. The Labute approximate surface area is 93.0 Å². The molecule has 1 saturated heterocycles. The van der Waals surface area contributed by atoms with Crippen LogP contribution in [0.1, 0.15) is 17.9 Å². The first-order valence-corrected chi connectivity index (χ1v) is 6.10. The fraction of sp³-hybridized carbons (Fsp3) is 0.500. The minimum Gasteiger partial charge on any atom is -0.316 e. The summed E-state index contributed by atoms with van der Waals surface area (Å²) in [6, 6.07) is 8.80. The van der Waals surface area contributed by atoms with Crippen LogP contribution in [0.3, 0.4) is 0 Å². The first-order chi connectivity index (χ1) is 6.84. The van der Waals surface area contributed by atoms with E-state index in [1.165, 1.54) is 29.5 Å². The van der Waals surface area contributed by atoms with E-state index in [4.69, 9.17) is 0 Å². The van der Waals surface area contributed by atoms with Gasteiger partial charge < -0.3 is 5.32 Å². The second-order valence-corrected chi connectivity index (χ2v) is 5.40. The molecule has 1 saturated carbocycles. The average Bonchev–Trinajstić information content (AvgIpc) is 2.48. The molecular weight excluding hydrogens is 238 g/mol. The molecular formula is C12H14BrN. The lowest BCUT2D eigenvalue weighted by atomic mass is 9.64. The second kappa shape index (κ2) is 3.35. The molecule has 74 valence electrons. The van der Waals surface area contributed by atoms with Gasteiger partial charge in [-0.1, -0.05) is 28.1 Å². The van der Waals surface area contributed by atoms with Crippen molar-refractivity contribution in [1.29, 1.82) is 0 Å². The van der Waals surface area contributed by atoms with Gasteiger partial charge in [0.25, 0.3) is 0 Å². The van der Waals surface area contributed by atoms with Gasteiger partial charge in [0.1, 0.15) is 0 Å². The SMILES string of the molecule is Brc1cccc([C@@H]2C[C@H]3CNC[C@H]32)c1. The molecule has 1 aromatic carbocycles. The van der Waals surface area contributed by atoms with E-state index in [1.807, 2.05) is 0 Å². The van der Waals surface area contributed by atoms with Crippen molar-refractivity contribution in [3.05, 3.63) is 34.3 Å². The molecule has 1 aromatic rings. The van der Waals surface area contributed by atoms with Crippen LogP contribution in [0, 0.1) is 11.8 Å². The van der Waals surface area contributed by atoms with Crippen molar-refractivity contribution in [2.45, 2.75) is 12.3 Å². The maximum absolute atomic E-state index is 3.54. The van der Waals surface area contributed by atoms with E-state index in [-0.39, 0.29) is 0 Å². The van der Waals surface area contributed by atoms with Crippen molar-refractivity contribution in [3.8, 4) is 0 Å². The van der Waals surface area contributed by atoms with Gasteiger partial charge in [0, 0.05) is 4.47 Å². The van der Waals surface area contributed by atoms with E-state index >= 15 is 0 Å². The second-order valence-electron chi connectivity index (χ2n) is 4.48. The van der Waals surface area contributed by atoms with Crippen LogP contribution in [-0.2, 0) is 0 Å². The lowest BCUT2D eigenvalue weighted by molar-refractivity contribution is 0.191. The normalized spacial score (nSPS) is 35.1. The first kappa shape index (κ1) is 8.93. The van der Waals surface area contributed by atoms with E-state index < -0.39 is 0 Å². The molecule has 0 radical (unpaired) electrons. The van der Waals surface area contributed by atoms with E-state index in [0.717, 1.165) is 17.8 Å². The zero-order valence-corrected chi connectivity index (χ0v) is 9.63. The van der Waals surface area contributed by atoms with Crippen LogP contribution in [0.5, 0.6) is 0 Å². The number of benzene rings is 1. The van der Waals surface area contributed by atoms with Crippen molar-refractivity contribution in [2.75, 3.05) is 13.1 Å². The summed E-state index contributed by atoms with van der Waals surface area (Å²) in [4.78, 5) is 0. The summed E-state index contributed by atoms with van der Waals surface area (Å²) in [6.07, 6.45) is 1.38. The molecule has 1 aliphatic heterocycles. The molecule has 0 amide bonds. The number of halogens is 1. The van der Waals surface area contributed by atoms with Gasteiger partial charge in [-0.15, -0.1) is 0 Å². The number of rotatable bonds is 1. The van der Waals surface area contributed by atoms with Crippen LogP contribution < -0.4 is 5.32 Å². The van der Waals surface area contributed by atoms with Crippen molar-refractivity contribution in [1.82, 2.24) is 5.32 Å². The van der Waals surface area contributed by atoms with Crippen molar-refractivity contribution in [2.24, 2.45) is 11.8 Å². The Kier molecular flexibility index (Phi) is 2.14. The van der Waals surface area contributed by atoms with E-state index in [1.54, 1.807) is 0 Å². The molecule has 0 bridgehead atoms. The van der Waals surface area contributed by atoms with Gasteiger partial charge >= 0.3 is 0 Å². The number of fused-ring (bicyclic) bond motifs is 1. The molecule has 1 N–H and O–H groups in total. The predicted octanol–water partition coefficient (Wildman–Crippen LogP) is 2.77. The minimum absolute atomic E-state index is 0.812. The van der Waals surface area contributed by atoms with Gasteiger partial charge in [0.2, 0.25) is 0 Å². The molecule has 0 aromatic heterocycles. The van der Waals surface area contributed by atoms with Crippen LogP contribution in [0.15, 0.2) is 28.7 Å². The largest absolute Gasteiger partial charge is 0.316 e. The maximum atomic E-state index is 3.54. The van der Waals surface area contributed by atoms with Gasteiger partial charge in [-0.2, -0.15) is 0 Å². The molecule has 0 unspecified atom stereocenters. The third-order valence-electron chi connectivity index (χ3n) is 3.74. The highest BCUT2D eigenvalue weighted by atomic mass is 79.9. The average molecular weight is 252 g/mol. The van der Waals surface area contributed by atoms with E-state index in [0.29, 0.717) is 0 Å². The predicted molar refractivity (Wildman–Crippen MR) is 61.3 cm³/mol. The quantitative estimate of drug-likeness (QED) is 0.810. The molecule has 2 fully saturated rings. The smallest absolute Gasteiger partial charge is 0.0178 e. The molecule has 1 heterocycles. The molecule has 2 aliphatic rings. The monoisotopic (exact) mass is 251 g/mol. The summed E-state index contributed by atoms with van der Waals surface area (Å²) in [7, 11) is 0. The summed E-state index contributed by atoms with van der Waals surface area (Å²) in [5, 5.41) is 3.49. The molecule has 3 rings (SSSR count). The fourth-order valence-electron chi connectivity index (χ4n) is 2.91. The van der Waals surface area contributed by atoms with Crippen LogP contribution in [0.4, 0.5) is 0 Å². The summed E-state index contributed by atoms with van der Waals surface area (Å²) in [5.74, 6) is 2.68. The molecule has 2 heteroatoms. The highest BCUT2D eigenvalue weighted by molar-refractivity contribution is 9.10. The number of hydrogen-bond acceptors (Lipinski definition) is 1. The Morgan fingerprint density at radius 2 is 2.21 bits per heavy atom. The number of hydrogen-bond donors (Lipinski definition) is 1. The third kappa shape index (κ3) is 1.32. The highest BCUT2D eigenvalue weighted by Crippen LogP contribution is 2.49. The Bertz CT molecular complexity index is 350. The topological polar surface area (TPSA) is 12.0 Å². The van der Waals surface area contributed by atoms with Gasteiger partial charge in [0.15, 0.2) is 0 Å². The van der Waals surface area contributed by atoms with E-state index in [2.05, 4.69) is 45.5 Å². The van der Waals surface area contributed by atoms with Crippen LogP contribution in [0.2, 0.25) is 0 Å². The Balaban J connectivity index is 1.83. The summed E-state index contributed by atoms with van der Waals surface area (Å²) in [6.45, 7) is 2.47. The summed E-state index contributed by atoms with van der Waals surface area (Å²) >= 11 is 3.54. The lowest BCUT2D eigenvalue weighted by Gasteiger charge is -2.40. The summed E-state index contributed by atoms with van der Waals surface area (Å²) < 4.78 is 1.21. The minimum atomic E-state index is 0.812. The molecule has 14 heavy (non-hydrogen) atoms. The standard InChI is InChI=1S/C12H14BrN/c13-10-3-1-2-8(4-10)11-5-9-6-14-7-12(9)11/h1-4,9,11-12,14H,5-7H2/t9-,11-,12+/m0/s1. The molecule has 1 aliphatic carbocycles. The van der Waals surface area contributed by atoms with Crippen LogP contribution in [0.25, 0.3) is 0 Å². The maximum Gasteiger partial charge on any atom is 0.0178 e. The van der Waals surface area contributed by atoms with Crippen LogP contribution in [-0.4, -0.2) is 13.1 Å². The molecule has 3 atom stereocenters. The Hall–Kier alpha value is -0.340. The fourth-order valence-corrected chi connectivity index (χ4v) is 3.32. The van der Waals surface area contributed by atoms with E-state index in [9.17, 15) is 0 Å². The van der Waals surface area contributed by atoms with Gasteiger partial charge in [-0.25, -0.2) is 0 Å². The van der Waals surface area contributed by atoms with Crippen molar-refractivity contribution in [3.63, 3.8) is 0 Å². The van der Waals surface area contributed by atoms with Gasteiger partial charge in [-0.3, -0.25) is 0 Å². The van der Waals surface area contributed by atoms with Gasteiger partial charge in [0.05, 0.1) is 0 Å². The Morgan fingerprint density at radius 1 is 1.29 bits per heavy atom. The molecule has 0 spiro atoms. The zero-order valence-electron chi connectivity index (χ0n) is 8.04. The number of nitrogens with one attached hydrogen (secondary N) is 1. The van der Waals surface area contributed by atoms with Crippen LogP contribution >= 0.6 is 15.9 Å². The lowest BCUT2D eigenvalue weighted by Crippen LogP contribution is -2.33. The molecule has 1 nitrogen and oxygen atoms in total. The van der Waals surface area contributed by atoms with Crippen molar-refractivity contribution < 1.29 is 0 Å². The van der Waals surface area contributed by atoms with Gasteiger partial charge in [-0.05, 0) is 55.0 Å². The summed E-state index contributed by atoms with van der Waals surface area (Å²) in [5.41, 5.74) is 1.52. The first-order valence-electron chi connectivity index (χ1n) is 5.31. The van der Waals surface area contributed by atoms with Crippen molar-refractivity contribution >= 4 is 15.9 Å².